The van der Waals surface area contributed by atoms with Crippen LogP contribution in [0, 0.1) is 0 Å². The van der Waals surface area contributed by atoms with Crippen molar-refractivity contribution in [2.75, 3.05) is 19.0 Å². The number of rotatable bonds is 9. The van der Waals surface area contributed by atoms with Gasteiger partial charge in [-0.05, 0) is 49.7 Å². The van der Waals surface area contributed by atoms with Crippen LogP contribution in [0.15, 0.2) is 58.5 Å². The number of carbonyl (C=O) groups excluding carboxylic acids is 1. The third kappa shape index (κ3) is 5.01. The van der Waals surface area contributed by atoms with Crippen LogP contribution in [0.1, 0.15) is 23.7 Å². The first-order chi connectivity index (χ1) is 13.6. The van der Waals surface area contributed by atoms with Crippen molar-refractivity contribution < 1.29 is 9.53 Å². The van der Waals surface area contributed by atoms with Gasteiger partial charge >= 0.3 is 0 Å². The van der Waals surface area contributed by atoms with Gasteiger partial charge in [-0.2, -0.15) is 0 Å². The molecule has 0 bridgehead atoms. The molecule has 0 saturated carbocycles. The molecule has 0 atom stereocenters. The maximum Gasteiger partial charge on any atom is 0.262 e. The lowest BCUT2D eigenvalue weighted by Crippen LogP contribution is -2.24. The second-order valence-corrected chi connectivity index (χ2v) is 7.52. The summed E-state index contributed by atoms with van der Waals surface area (Å²) >= 11 is 7.15. The standard InChI is InChI=1S/C21H21ClN2O3S/c1-2-27-13-5-12-24-20(26)17-6-3-4-7-18(17)23-21(24)28-14-19(25)15-8-10-16(22)11-9-15/h3-4,6-11H,2,5,12-14H2,1H3. The molecule has 0 spiro atoms. The zero-order chi connectivity index (χ0) is 19.9. The van der Waals surface area contributed by atoms with E-state index in [2.05, 4.69) is 4.98 Å². The number of hydrogen-bond acceptors (Lipinski definition) is 5. The summed E-state index contributed by atoms with van der Waals surface area (Å²) in [4.78, 5) is 30.1. The molecule has 0 radical (unpaired) electrons. The summed E-state index contributed by atoms with van der Waals surface area (Å²) in [7, 11) is 0. The molecule has 5 nitrogen and oxygen atoms in total. The van der Waals surface area contributed by atoms with Crippen LogP contribution in [-0.4, -0.2) is 34.3 Å². The van der Waals surface area contributed by atoms with Crippen LogP contribution in [0.25, 0.3) is 10.9 Å². The van der Waals surface area contributed by atoms with Gasteiger partial charge in [-0.25, -0.2) is 4.98 Å². The van der Waals surface area contributed by atoms with Crippen molar-refractivity contribution in [3.05, 3.63) is 69.5 Å². The largest absolute Gasteiger partial charge is 0.382 e. The molecule has 2 aromatic carbocycles. The highest BCUT2D eigenvalue weighted by atomic mass is 35.5. The number of benzene rings is 2. The van der Waals surface area contributed by atoms with E-state index in [1.165, 1.54) is 11.8 Å². The first-order valence-electron chi connectivity index (χ1n) is 9.09. The predicted octanol–water partition coefficient (Wildman–Crippen LogP) is 4.45. The minimum Gasteiger partial charge on any atom is -0.382 e. The number of para-hydroxylation sites is 1. The number of fused-ring (bicyclic) bond motifs is 1. The first kappa shape index (κ1) is 20.6. The lowest BCUT2D eigenvalue weighted by atomic mass is 10.1. The van der Waals surface area contributed by atoms with Crippen molar-refractivity contribution in [2.45, 2.75) is 25.0 Å². The number of thioether (sulfide) groups is 1. The average molecular weight is 417 g/mol. The summed E-state index contributed by atoms with van der Waals surface area (Å²) in [6.07, 6.45) is 0.701. The molecule has 0 aliphatic rings. The third-order valence-electron chi connectivity index (χ3n) is 4.20. The van der Waals surface area contributed by atoms with Gasteiger partial charge in [0.15, 0.2) is 10.9 Å². The topological polar surface area (TPSA) is 61.2 Å². The quantitative estimate of drug-likeness (QED) is 0.223. The minimum atomic E-state index is -0.0939. The average Bonchev–Trinajstić information content (AvgIpc) is 2.71. The number of carbonyl (C=O) groups is 1. The van der Waals surface area contributed by atoms with Crippen LogP contribution in [0.2, 0.25) is 5.02 Å². The fraction of sp³-hybridized carbons (Fsp3) is 0.286. The van der Waals surface area contributed by atoms with E-state index in [-0.39, 0.29) is 17.1 Å². The van der Waals surface area contributed by atoms with Crippen molar-refractivity contribution in [3.63, 3.8) is 0 Å². The Labute approximate surface area is 172 Å². The van der Waals surface area contributed by atoms with Crippen molar-refractivity contribution >= 4 is 40.0 Å². The number of Topliss-reactive ketones (excluding diaryl/α,β-unsaturated/α-hetero) is 1. The molecule has 3 aromatic rings. The van der Waals surface area contributed by atoms with E-state index < -0.39 is 0 Å². The van der Waals surface area contributed by atoms with E-state index in [4.69, 9.17) is 16.3 Å². The molecule has 3 rings (SSSR count). The summed E-state index contributed by atoms with van der Waals surface area (Å²) < 4.78 is 7.02. The molecule has 0 fully saturated rings. The van der Waals surface area contributed by atoms with E-state index in [9.17, 15) is 9.59 Å². The summed E-state index contributed by atoms with van der Waals surface area (Å²) in [5.74, 6) is 0.155. The van der Waals surface area contributed by atoms with Gasteiger partial charge in [-0.1, -0.05) is 35.5 Å². The molecule has 28 heavy (non-hydrogen) atoms. The zero-order valence-electron chi connectivity index (χ0n) is 15.6. The Balaban J connectivity index is 1.84. The molecule has 0 saturated heterocycles. The van der Waals surface area contributed by atoms with Crippen LogP contribution in [0.4, 0.5) is 0 Å². The monoisotopic (exact) mass is 416 g/mol. The smallest absolute Gasteiger partial charge is 0.262 e. The van der Waals surface area contributed by atoms with E-state index in [0.29, 0.717) is 52.8 Å². The summed E-state index contributed by atoms with van der Waals surface area (Å²) in [6, 6.07) is 14.1. The van der Waals surface area contributed by atoms with Crippen molar-refractivity contribution in [1.29, 1.82) is 0 Å². The molecule has 146 valence electrons. The molecule has 0 N–H and O–H groups in total. The summed E-state index contributed by atoms with van der Waals surface area (Å²) in [5, 5.41) is 1.71. The number of ether oxygens (including phenoxy) is 1. The Morgan fingerprint density at radius 1 is 1.18 bits per heavy atom. The van der Waals surface area contributed by atoms with Crippen molar-refractivity contribution in [2.24, 2.45) is 0 Å². The second kappa shape index (κ2) is 9.87. The van der Waals surface area contributed by atoms with Crippen LogP contribution in [0.5, 0.6) is 0 Å². The number of nitrogens with zero attached hydrogens (tertiary/aromatic N) is 2. The molecule has 7 heteroatoms. The Kier molecular flexibility index (Phi) is 7.25. The zero-order valence-corrected chi connectivity index (χ0v) is 17.1. The lowest BCUT2D eigenvalue weighted by molar-refractivity contribution is 0.102. The summed E-state index contributed by atoms with van der Waals surface area (Å²) in [5.41, 5.74) is 1.13. The van der Waals surface area contributed by atoms with Gasteiger partial charge < -0.3 is 4.74 Å². The third-order valence-corrected chi connectivity index (χ3v) is 5.43. The normalized spacial score (nSPS) is 11.1. The van der Waals surface area contributed by atoms with E-state index in [0.717, 1.165) is 0 Å². The van der Waals surface area contributed by atoms with E-state index in [1.807, 2.05) is 25.1 Å². The van der Waals surface area contributed by atoms with Gasteiger partial charge in [0.25, 0.3) is 5.56 Å². The van der Waals surface area contributed by atoms with Crippen LogP contribution >= 0.6 is 23.4 Å². The molecule has 0 unspecified atom stereocenters. The van der Waals surface area contributed by atoms with E-state index >= 15 is 0 Å². The Hall–Kier alpha value is -2.15. The fourth-order valence-electron chi connectivity index (χ4n) is 2.77. The van der Waals surface area contributed by atoms with Gasteiger partial charge in [-0.3, -0.25) is 14.2 Å². The van der Waals surface area contributed by atoms with Gasteiger partial charge in [0, 0.05) is 30.3 Å². The molecular formula is C21H21ClN2O3S. The van der Waals surface area contributed by atoms with Crippen LogP contribution < -0.4 is 5.56 Å². The maximum absolute atomic E-state index is 12.9. The highest BCUT2D eigenvalue weighted by molar-refractivity contribution is 7.99. The highest BCUT2D eigenvalue weighted by Gasteiger charge is 2.14. The molecule has 1 aromatic heterocycles. The van der Waals surface area contributed by atoms with Gasteiger partial charge in [0.1, 0.15) is 0 Å². The number of halogens is 1. The molecule has 0 aliphatic carbocycles. The Bertz CT molecular complexity index is 1020. The predicted molar refractivity (Wildman–Crippen MR) is 114 cm³/mol. The highest BCUT2D eigenvalue weighted by Crippen LogP contribution is 2.20. The number of ketones is 1. The molecular weight excluding hydrogens is 396 g/mol. The van der Waals surface area contributed by atoms with Crippen molar-refractivity contribution in [1.82, 2.24) is 9.55 Å². The molecule has 0 amide bonds. The number of aromatic nitrogens is 2. The fourth-order valence-corrected chi connectivity index (χ4v) is 3.82. The SMILES string of the molecule is CCOCCCn1c(SCC(=O)c2ccc(Cl)cc2)nc2ccccc2c1=O. The Morgan fingerprint density at radius 3 is 2.68 bits per heavy atom. The molecule has 0 aliphatic heterocycles. The van der Waals surface area contributed by atoms with Crippen LogP contribution in [-0.2, 0) is 11.3 Å². The van der Waals surface area contributed by atoms with Gasteiger partial charge in [0.2, 0.25) is 0 Å². The maximum atomic E-state index is 12.9. The number of hydrogen-bond donors (Lipinski definition) is 0. The van der Waals surface area contributed by atoms with E-state index in [1.54, 1.807) is 34.9 Å². The molecule has 1 heterocycles. The summed E-state index contributed by atoms with van der Waals surface area (Å²) in [6.45, 7) is 3.65. The van der Waals surface area contributed by atoms with Gasteiger partial charge in [-0.15, -0.1) is 0 Å². The lowest BCUT2D eigenvalue weighted by Gasteiger charge is -2.13. The first-order valence-corrected chi connectivity index (χ1v) is 10.5. The van der Waals surface area contributed by atoms with Gasteiger partial charge in [0.05, 0.1) is 16.7 Å². The van der Waals surface area contributed by atoms with Crippen molar-refractivity contribution in [3.8, 4) is 0 Å². The second-order valence-electron chi connectivity index (χ2n) is 6.14. The minimum absolute atomic E-state index is 0.0371. The van der Waals surface area contributed by atoms with Crippen LogP contribution in [0.3, 0.4) is 0 Å². The Morgan fingerprint density at radius 2 is 1.93 bits per heavy atom.